The molecule has 0 radical (unpaired) electrons. The van der Waals surface area contributed by atoms with Crippen LogP contribution in [0.5, 0.6) is 0 Å². The van der Waals surface area contributed by atoms with Crippen LogP contribution in [0, 0.1) is 0 Å². The van der Waals surface area contributed by atoms with Gasteiger partial charge in [0, 0.05) is 49.5 Å². The number of nitrogens with zero attached hydrogens (tertiary/aromatic N) is 4. The number of anilines is 1. The smallest absolute Gasteiger partial charge is 0.124 e. The molecule has 18 heavy (non-hydrogen) atoms. The van der Waals surface area contributed by atoms with Crippen molar-refractivity contribution in [2.45, 2.75) is 0 Å². The van der Waals surface area contributed by atoms with Crippen LogP contribution >= 0.6 is 11.3 Å². The summed E-state index contributed by atoms with van der Waals surface area (Å²) >= 11 is 1.65. The molecule has 0 aliphatic carbocycles. The van der Waals surface area contributed by atoms with E-state index in [1.165, 1.54) is 5.69 Å². The highest BCUT2D eigenvalue weighted by atomic mass is 32.1. The van der Waals surface area contributed by atoms with E-state index in [0.717, 1.165) is 36.8 Å². The van der Waals surface area contributed by atoms with Gasteiger partial charge in [0.1, 0.15) is 5.01 Å². The minimum Gasteiger partial charge on any atom is -0.368 e. The molecule has 0 N–H and O–H groups in total. The van der Waals surface area contributed by atoms with E-state index in [1.54, 1.807) is 11.3 Å². The molecular weight excluding hydrogens is 244 g/mol. The zero-order valence-corrected chi connectivity index (χ0v) is 11.2. The van der Waals surface area contributed by atoms with Gasteiger partial charge in [-0.2, -0.15) is 0 Å². The lowest BCUT2D eigenvalue weighted by molar-refractivity contribution is 0.313. The number of aromatic nitrogens is 2. The number of pyridine rings is 1. The van der Waals surface area contributed by atoms with Gasteiger partial charge in [-0.05, 0) is 13.1 Å². The molecule has 0 amide bonds. The summed E-state index contributed by atoms with van der Waals surface area (Å²) in [7, 11) is 2.17. The molecule has 0 spiro atoms. The van der Waals surface area contributed by atoms with E-state index in [4.69, 9.17) is 0 Å². The van der Waals surface area contributed by atoms with Crippen molar-refractivity contribution in [1.29, 1.82) is 0 Å². The second-order valence-corrected chi connectivity index (χ2v) is 5.45. The minimum atomic E-state index is 1.04. The predicted molar refractivity (Wildman–Crippen MR) is 75.1 cm³/mol. The lowest BCUT2D eigenvalue weighted by atomic mass is 10.2. The summed E-state index contributed by atoms with van der Waals surface area (Å²) in [5.74, 6) is 0. The Kier molecular flexibility index (Phi) is 3.25. The van der Waals surface area contributed by atoms with Gasteiger partial charge in [-0.15, -0.1) is 11.3 Å². The van der Waals surface area contributed by atoms with Crippen molar-refractivity contribution in [2.24, 2.45) is 0 Å². The fourth-order valence-corrected chi connectivity index (χ4v) is 2.77. The first kappa shape index (κ1) is 11.6. The van der Waals surface area contributed by atoms with Crippen LogP contribution in [0.15, 0.2) is 30.0 Å². The monoisotopic (exact) mass is 260 g/mol. The molecule has 1 aliphatic heterocycles. The number of hydrogen-bond acceptors (Lipinski definition) is 5. The quantitative estimate of drug-likeness (QED) is 0.826. The number of thiazole rings is 1. The van der Waals surface area contributed by atoms with E-state index in [-0.39, 0.29) is 0 Å². The van der Waals surface area contributed by atoms with Crippen LogP contribution in [-0.2, 0) is 0 Å². The highest BCUT2D eigenvalue weighted by Gasteiger charge is 2.15. The standard InChI is InChI=1S/C13H16N4S/c1-16-3-5-17(6-4-16)12-8-11(9-14-10-12)13-15-2-7-18-13/h2,7-10H,3-6H2,1H3. The number of piperazine rings is 1. The van der Waals surface area contributed by atoms with Crippen LogP contribution in [0.25, 0.3) is 10.6 Å². The fourth-order valence-electron chi connectivity index (χ4n) is 2.15. The van der Waals surface area contributed by atoms with E-state index in [2.05, 4.69) is 32.9 Å². The zero-order valence-electron chi connectivity index (χ0n) is 10.4. The number of hydrogen-bond donors (Lipinski definition) is 0. The first-order valence-corrected chi connectivity index (χ1v) is 6.99. The van der Waals surface area contributed by atoms with Gasteiger partial charge in [0.25, 0.3) is 0 Å². The van der Waals surface area contributed by atoms with E-state index in [9.17, 15) is 0 Å². The molecule has 1 fully saturated rings. The third kappa shape index (κ3) is 2.37. The molecule has 0 unspecified atom stereocenters. The summed E-state index contributed by atoms with van der Waals surface area (Å²) < 4.78 is 0. The van der Waals surface area contributed by atoms with Gasteiger partial charge in [0.2, 0.25) is 0 Å². The molecule has 2 aromatic rings. The van der Waals surface area contributed by atoms with Gasteiger partial charge in [0.05, 0.1) is 11.9 Å². The molecule has 0 aromatic carbocycles. The van der Waals surface area contributed by atoms with Crippen molar-refractivity contribution >= 4 is 17.0 Å². The summed E-state index contributed by atoms with van der Waals surface area (Å²) in [6, 6.07) is 2.19. The van der Waals surface area contributed by atoms with Crippen LogP contribution < -0.4 is 4.90 Å². The SMILES string of the molecule is CN1CCN(c2cncc(-c3nccs3)c2)CC1. The van der Waals surface area contributed by atoms with Crippen LogP contribution in [0.4, 0.5) is 5.69 Å². The van der Waals surface area contributed by atoms with Gasteiger partial charge in [-0.3, -0.25) is 4.98 Å². The lowest BCUT2D eigenvalue weighted by Gasteiger charge is -2.33. The second-order valence-electron chi connectivity index (χ2n) is 4.56. The summed E-state index contributed by atoms with van der Waals surface area (Å²) in [4.78, 5) is 13.4. The molecular formula is C13H16N4S. The Morgan fingerprint density at radius 3 is 2.72 bits per heavy atom. The van der Waals surface area contributed by atoms with E-state index < -0.39 is 0 Å². The number of rotatable bonds is 2. The summed E-state index contributed by atoms with van der Waals surface area (Å²) in [5, 5.41) is 3.04. The van der Waals surface area contributed by atoms with E-state index in [1.807, 2.05) is 24.0 Å². The Bertz CT molecular complexity index is 503. The predicted octanol–water partition coefficient (Wildman–Crippen LogP) is 1.96. The first-order valence-electron chi connectivity index (χ1n) is 6.11. The van der Waals surface area contributed by atoms with Crippen molar-refractivity contribution < 1.29 is 0 Å². The molecule has 1 aliphatic rings. The average Bonchev–Trinajstić information content (AvgIpc) is 2.94. The maximum atomic E-state index is 4.35. The molecule has 3 heterocycles. The third-order valence-corrected chi connectivity index (χ3v) is 4.09. The van der Waals surface area contributed by atoms with Crippen LogP contribution in [0.3, 0.4) is 0 Å². The van der Waals surface area contributed by atoms with Crippen molar-refractivity contribution in [3.8, 4) is 10.6 Å². The second kappa shape index (κ2) is 5.04. The Hall–Kier alpha value is -1.46. The maximum Gasteiger partial charge on any atom is 0.124 e. The van der Waals surface area contributed by atoms with Gasteiger partial charge < -0.3 is 9.80 Å². The van der Waals surface area contributed by atoms with Gasteiger partial charge in [-0.25, -0.2) is 4.98 Å². The largest absolute Gasteiger partial charge is 0.368 e. The maximum absolute atomic E-state index is 4.35. The summed E-state index contributed by atoms with van der Waals surface area (Å²) in [5.41, 5.74) is 2.32. The van der Waals surface area contributed by atoms with Crippen LogP contribution in [-0.4, -0.2) is 48.1 Å². The van der Waals surface area contributed by atoms with Crippen LogP contribution in [0.1, 0.15) is 0 Å². The van der Waals surface area contributed by atoms with Crippen molar-refractivity contribution in [3.05, 3.63) is 30.0 Å². The van der Waals surface area contributed by atoms with Gasteiger partial charge in [-0.1, -0.05) is 0 Å². The molecule has 0 bridgehead atoms. The Morgan fingerprint density at radius 2 is 2.00 bits per heavy atom. The molecule has 0 saturated carbocycles. The van der Waals surface area contributed by atoms with Gasteiger partial charge in [0.15, 0.2) is 0 Å². The normalized spacial score (nSPS) is 17.1. The molecule has 4 nitrogen and oxygen atoms in total. The Balaban J connectivity index is 1.83. The average molecular weight is 260 g/mol. The third-order valence-electron chi connectivity index (χ3n) is 3.27. The molecule has 1 saturated heterocycles. The molecule has 2 aromatic heterocycles. The van der Waals surface area contributed by atoms with Gasteiger partial charge >= 0.3 is 0 Å². The van der Waals surface area contributed by atoms with E-state index >= 15 is 0 Å². The Labute approximate surface area is 111 Å². The van der Waals surface area contributed by atoms with Crippen molar-refractivity contribution in [2.75, 3.05) is 38.1 Å². The lowest BCUT2D eigenvalue weighted by Crippen LogP contribution is -2.44. The number of likely N-dealkylation sites (N-methyl/N-ethyl adjacent to an activating group) is 1. The highest BCUT2D eigenvalue weighted by molar-refractivity contribution is 7.13. The first-order chi connectivity index (χ1) is 8.83. The summed E-state index contributed by atoms with van der Waals surface area (Å²) in [6.07, 6.45) is 5.67. The molecule has 0 atom stereocenters. The van der Waals surface area contributed by atoms with E-state index in [0.29, 0.717) is 0 Å². The zero-order chi connectivity index (χ0) is 12.4. The molecule has 94 valence electrons. The highest BCUT2D eigenvalue weighted by Crippen LogP contribution is 2.25. The Morgan fingerprint density at radius 1 is 1.17 bits per heavy atom. The van der Waals surface area contributed by atoms with Crippen molar-refractivity contribution in [3.63, 3.8) is 0 Å². The fraction of sp³-hybridized carbons (Fsp3) is 0.385. The van der Waals surface area contributed by atoms with Crippen molar-refractivity contribution in [1.82, 2.24) is 14.9 Å². The minimum absolute atomic E-state index is 1.04. The summed E-state index contributed by atoms with van der Waals surface area (Å²) in [6.45, 7) is 4.36. The molecule has 5 heteroatoms. The molecule has 3 rings (SSSR count). The van der Waals surface area contributed by atoms with Crippen LogP contribution in [0.2, 0.25) is 0 Å². The topological polar surface area (TPSA) is 32.3 Å².